The summed E-state index contributed by atoms with van der Waals surface area (Å²) in [4.78, 5) is 15.1. The average molecular weight is 717 g/mol. The molecule has 0 bridgehead atoms. The molecule has 5 nitrogen and oxygen atoms in total. The van der Waals surface area contributed by atoms with Gasteiger partial charge in [0, 0.05) is 49.5 Å². The molecule has 0 atom stereocenters. The molecule has 56 heavy (non-hydrogen) atoms. The average Bonchev–Trinajstić information content (AvgIpc) is 3.82. The van der Waals surface area contributed by atoms with Crippen LogP contribution in [-0.2, 0) is 0 Å². The minimum atomic E-state index is 0.603. The van der Waals surface area contributed by atoms with Gasteiger partial charge in [-0.3, -0.25) is 0 Å². The van der Waals surface area contributed by atoms with E-state index in [1.165, 1.54) is 21.8 Å². The van der Waals surface area contributed by atoms with Crippen molar-refractivity contribution in [3.05, 3.63) is 194 Å². The summed E-state index contributed by atoms with van der Waals surface area (Å²) in [7, 11) is 0. The Morgan fingerprint density at radius 3 is 1.68 bits per heavy atom. The van der Waals surface area contributed by atoms with Gasteiger partial charge in [-0.2, -0.15) is 0 Å². The van der Waals surface area contributed by atoms with Crippen molar-refractivity contribution >= 4 is 43.7 Å². The van der Waals surface area contributed by atoms with E-state index in [9.17, 15) is 0 Å². The van der Waals surface area contributed by atoms with Crippen LogP contribution in [0.15, 0.2) is 199 Å². The highest BCUT2D eigenvalue weighted by Crippen LogP contribution is 2.40. The van der Waals surface area contributed by atoms with Crippen LogP contribution in [0, 0.1) is 0 Å². The summed E-state index contributed by atoms with van der Waals surface area (Å²) in [5.41, 5.74) is 12.3. The number of para-hydroxylation sites is 3. The fourth-order valence-electron chi connectivity index (χ4n) is 7.98. The molecule has 11 aromatic rings. The van der Waals surface area contributed by atoms with Gasteiger partial charge in [0.2, 0.25) is 0 Å². The lowest BCUT2D eigenvalue weighted by Gasteiger charge is -2.10. The van der Waals surface area contributed by atoms with E-state index in [2.05, 4.69) is 150 Å². The van der Waals surface area contributed by atoms with Crippen molar-refractivity contribution in [3.8, 4) is 62.1 Å². The third kappa shape index (κ3) is 5.37. The Bertz CT molecular complexity index is 3240. The van der Waals surface area contributed by atoms with E-state index in [0.717, 1.165) is 66.6 Å². The second-order valence-electron chi connectivity index (χ2n) is 14.0. The summed E-state index contributed by atoms with van der Waals surface area (Å²) in [6.45, 7) is 0. The molecule has 0 radical (unpaired) electrons. The monoisotopic (exact) mass is 716 g/mol. The molecule has 0 aliphatic carbocycles. The summed E-state index contributed by atoms with van der Waals surface area (Å²) >= 11 is 0. The van der Waals surface area contributed by atoms with Crippen LogP contribution in [0.2, 0.25) is 0 Å². The molecule has 0 unspecified atom stereocenters. The van der Waals surface area contributed by atoms with Gasteiger partial charge < -0.3 is 8.98 Å². The van der Waals surface area contributed by atoms with Gasteiger partial charge >= 0.3 is 0 Å². The van der Waals surface area contributed by atoms with Crippen molar-refractivity contribution in [1.29, 1.82) is 0 Å². The summed E-state index contributed by atoms with van der Waals surface area (Å²) in [6, 6.07) is 67.4. The predicted molar refractivity (Wildman–Crippen MR) is 229 cm³/mol. The lowest BCUT2D eigenvalue weighted by molar-refractivity contribution is 0.670. The van der Waals surface area contributed by atoms with Crippen LogP contribution in [0.5, 0.6) is 0 Å². The molecule has 0 fully saturated rings. The highest BCUT2D eigenvalue weighted by atomic mass is 16.3. The van der Waals surface area contributed by atoms with E-state index in [1.807, 2.05) is 48.5 Å². The smallest absolute Gasteiger partial charge is 0.164 e. The van der Waals surface area contributed by atoms with E-state index < -0.39 is 0 Å². The fraction of sp³-hybridized carbons (Fsp3) is 0. The van der Waals surface area contributed by atoms with Crippen LogP contribution in [0.4, 0.5) is 0 Å². The standard InChI is InChI=1S/C51H32N4O/c1-4-14-33(15-5-1)35-18-12-19-37(30-35)50-52-49(34-16-6-2-7-17-34)53-51(54-50)38-27-29-47-44(32-38)42-24-13-23-40(48(42)56-47)36-26-28-46-43(31-36)41-22-10-11-25-45(41)55(46)39-20-8-3-9-21-39/h1-32H. The SMILES string of the molecule is c1ccc(-c2cccc(-c3nc(-c4ccccc4)nc(-c4ccc5oc6c(-c7ccc8c(c7)c7ccccc7n8-c7ccccc7)cccc6c5c4)n3)c2)cc1. The number of fused-ring (bicyclic) bond motifs is 6. The second kappa shape index (κ2) is 13.0. The highest BCUT2D eigenvalue weighted by Gasteiger charge is 2.18. The molecule has 0 saturated heterocycles. The lowest BCUT2D eigenvalue weighted by Crippen LogP contribution is -2.00. The first kappa shape index (κ1) is 31.9. The first-order valence-electron chi connectivity index (χ1n) is 18.8. The van der Waals surface area contributed by atoms with Gasteiger partial charge in [0.25, 0.3) is 0 Å². The van der Waals surface area contributed by atoms with Crippen LogP contribution < -0.4 is 0 Å². The number of aromatic nitrogens is 4. The van der Waals surface area contributed by atoms with Crippen molar-refractivity contribution in [3.63, 3.8) is 0 Å². The second-order valence-corrected chi connectivity index (χ2v) is 14.0. The number of furan rings is 1. The largest absolute Gasteiger partial charge is 0.455 e. The summed E-state index contributed by atoms with van der Waals surface area (Å²) in [5, 5.41) is 4.47. The Morgan fingerprint density at radius 1 is 0.339 bits per heavy atom. The van der Waals surface area contributed by atoms with E-state index in [-0.39, 0.29) is 0 Å². The molecule has 11 rings (SSSR count). The number of nitrogens with zero attached hydrogens (tertiary/aromatic N) is 4. The van der Waals surface area contributed by atoms with Crippen LogP contribution >= 0.6 is 0 Å². The molecule has 0 saturated carbocycles. The van der Waals surface area contributed by atoms with Gasteiger partial charge in [0.1, 0.15) is 11.2 Å². The van der Waals surface area contributed by atoms with Crippen molar-refractivity contribution < 1.29 is 4.42 Å². The molecule has 8 aromatic carbocycles. The van der Waals surface area contributed by atoms with Gasteiger partial charge in [-0.1, -0.05) is 140 Å². The maximum atomic E-state index is 6.69. The third-order valence-electron chi connectivity index (χ3n) is 10.6. The Balaban J connectivity index is 1.04. The van der Waals surface area contributed by atoms with Gasteiger partial charge in [-0.25, -0.2) is 15.0 Å². The topological polar surface area (TPSA) is 56.7 Å². The Hall–Kier alpha value is -7.63. The molecular weight excluding hydrogens is 685 g/mol. The Morgan fingerprint density at radius 2 is 0.893 bits per heavy atom. The van der Waals surface area contributed by atoms with Gasteiger partial charge in [-0.15, -0.1) is 0 Å². The Kier molecular flexibility index (Phi) is 7.42. The summed E-state index contributed by atoms with van der Waals surface area (Å²) in [5.74, 6) is 1.85. The number of hydrogen-bond donors (Lipinski definition) is 0. The van der Waals surface area contributed by atoms with Crippen LogP contribution in [-0.4, -0.2) is 19.5 Å². The normalized spacial score (nSPS) is 11.6. The third-order valence-corrected chi connectivity index (χ3v) is 10.6. The molecule has 0 aliphatic rings. The molecule has 0 spiro atoms. The van der Waals surface area contributed by atoms with Crippen LogP contribution in [0.1, 0.15) is 0 Å². The van der Waals surface area contributed by atoms with Crippen molar-refractivity contribution in [2.24, 2.45) is 0 Å². The van der Waals surface area contributed by atoms with Crippen LogP contribution in [0.3, 0.4) is 0 Å². The zero-order valence-electron chi connectivity index (χ0n) is 30.2. The van der Waals surface area contributed by atoms with Crippen molar-refractivity contribution in [2.75, 3.05) is 0 Å². The summed E-state index contributed by atoms with van der Waals surface area (Å²) < 4.78 is 9.03. The van der Waals surface area contributed by atoms with Gasteiger partial charge in [0.05, 0.1) is 11.0 Å². The van der Waals surface area contributed by atoms with E-state index in [0.29, 0.717) is 17.5 Å². The predicted octanol–water partition coefficient (Wildman–Crippen LogP) is 13.2. The maximum Gasteiger partial charge on any atom is 0.164 e. The molecule has 5 heteroatoms. The zero-order chi connectivity index (χ0) is 37.0. The fourth-order valence-corrected chi connectivity index (χ4v) is 7.98. The lowest BCUT2D eigenvalue weighted by atomic mass is 10.00. The molecule has 3 heterocycles. The first-order chi connectivity index (χ1) is 27.7. The number of rotatable bonds is 6. The Labute approximate surface area is 322 Å². The quantitative estimate of drug-likeness (QED) is 0.172. The van der Waals surface area contributed by atoms with E-state index in [4.69, 9.17) is 19.4 Å². The minimum Gasteiger partial charge on any atom is -0.455 e. The number of benzene rings is 8. The molecule has 262 valence electrons. The van der Waals surface area contributed by atoms with E-state index in [1.54, 1.807) is 0 Å². The number of hydrogen-bond acceptors (Lipinski definition) is 4. The molecular formula is C51H32N4O. The molecule has 0 aliphatic heterocycles. The first-order valence-corrected chi connectivity index (χ1v) is 18.8. The van der Waals surface area contributed by atoms with E-state index >= 15 is 0 Å². The van der Waals surface area contributed by atoms with Crippen molar-refractivity contribution in [2.45, 2.75) is 0 Å². The molecule has 0 amide bonds. The summed E-state index contributed by atoms with van der Waals surface area (Å²) in [6.07, 6.45) is 0. The van der Waals surface area contributed by atoms with Gasteiger partial charge in [0.15, 0.2) is 17.5 Å². The maximum absolute atomic E-state index is 6.69. The van der Waals surface area contributed by atoms with Gasteiger partial charge in [-0.05, 0) is 71.3 Å². The van der Waals surface area contributed by atoms with Crippen molar-refractivity contribution in [1.82, 2.24) is 19.5 Å². The zero-order valence-corrected chi connectivity index (χ0v) is 30.2. The minimum absolute atomic E-state index is 0.603. The van der Waals surface area contributed by atoms with Crippen LogP contribution in [0.25, 0.3) is 106 Å². The molecule has 3 aromatic heterocycles. The molecule has 0 N–H and O–H groups in total. The highest BCUT2D eigenvalue weighted by molar-refractivity contribution is 6.13.